The first kappa shape index (κ1) is 21.6. The predicted molar refractivity (Wildman–Crippen MR) is 122 cm³/mol. The number of rotatable bonds is 8. The molecule has 3 aliphatic heterocycles. The Morgan fingerprint density at radius 2 is 1.76 bits per heavy atom. The molecule has 3 saturated heterocycles. The van der Waals surface area contributed by atoms with Crippen molar-refractivity contribution in [1.29, 1.82) is 0 Å². The Labute approximate surface area is 176 Å². The van der Waals surface area contributed by atoms with Crippen molar-refractivity contribution >= 4 is 11.9 Å². The molecule has 0 radical (unpaired) electrons. The summed E-state index contributed by atoms with van der Waals surface area (Å²) in [7, 11) is 1.64. The van der Waals surface area contributed by atoms with Crippen LogP contribution in [0.3, 0.4) is 0 Å². The highest BCUT2D eigenvalue weighted by molar-refractivity contribution is 5.93. The second-order valence-electron chi connectivity index (χ2n) is 8.50. The van der Waals surface area contributed by atoms with Gasteiger partial charge in [0, 0.05) is 20.1 Å². The van der Waals surface area contributed by atoms with Crippen molar-refractivity contribution in [3.8, 4) is 0 Å². The Morgan fingerprint density at radius 1 is 1.03 bits per heavy atom. The fraction of sp³-hybridized carbons (Fsp3) is 0.652. The second-order valence-corrected chi connectivity index (χ2v) is 8.50. The maximum atomic E-state index is 6.26. The molecule has 2 bridgehead atoms. The van der Waals surface area contributed by atoms with E-state index in [0.717, 1.165) is 37.8 Å². The average Bonchev–Trinajstić information content (AvgIpc) is 3.07. The molecule has 1 atom stereocenters. The van der Waals surface area contributed by atoms with Gasteiger partial charge in [-0.15, -0.1) is 0 Å². The van der Waals surface area contributed by atoms with E-state index >= 15 is 0 Å². The third-order valence-corrected chi connectivity index (χ3v) is 6.66. The zero-order valence-electron chi connectivity index (χ0n) is 18.0. The van der Waals surface area contributed by atoms with Crippen molar-refractivity contribution in [2.24, 2.45) is 33.3 Å². The van der Waals surface area contributed by atoms with Gasteiger partial charge in [0.05, 0.1) is 0 Å². The van der Waals surface area contributed by atoms with Gasteiger partial charge in [-0.2, -0.15) is 4.99 Å². The summed E-state index contributed by atoms with van der Waals surface area (Å²) in [5.74, 6) is 2.57. The minimum atomic E-state index is 0.233. The minimum Gasteiger partial charge on any atom is -0.369 e. The van der Waals surface area contributed by atoms with Crippen LogP contribution in [-0.2, 0) is 6.42 Å². The summed E-state index contributed by atoms with van der Waals surface area (Å²) in [5, 5.41) is 0. The van der Waals surface area contributed by atoms with E-state index in [-0.39, 0.29) is 5.96 Å². The monoisotopic (exact) mass is 398 g/mol. The van der Waals surface area contributed by atoms with Gasteiger partial charge in [0.15, 0.2) is 5.96 Å². The van der Waals surface area contributed by atoms with Crippen molar-refractivity contribution in [3.05, 3.63) is 35.9 Å². The second kappa shape index (κ2) is 11.2. The van der Waals surface area contributed by atoms with Gasteiger partial charge in [-0.3, -0.25) is 4.99 Å². The zero-order chi connectivity index (χ0) is 20.5. The quantitative estimate of drug-likeness (QED) is 0.401. The number of guanidine groups is 2. The van der Waals surface area contributed by atoms with Crippen LogP contribution in [0.25, 0.3) is 0 Å². The Kier molecular flexibility index (Phi) is 8.35. The molecule has 6 nitrogen and oxygen atoms in total. The third kappa shape index (κ3) is 6.74. The van der Waals surface area contributed by atoms with Crippen molar-refractivity contribution in [1.82, 2.24) is 9.80 Å². The summed E-state index contributed by atoms with van der Waals surface area (Å²) in [6.07, 6.45) is 8.89. The molecule has 0 amide bonds. The van der Waals surface area contributed by atoms with Crippen molar-refractivity contribution in [3.63, 3.8) is 0 Å². The van der Waals surface area contributed by atoms with E-state index in [9.17, 15) is 0 Å². The lowest BCUT2D eigenvalue weighted by atomic mass is 9.82. The summed E-state index contributed by atoms with van der Waals surface area (Å²) >= 11 is 0. The minimum absolute atomic E-state index is 0.233. The van der Waals surface area contributed by atoms with E-state index in [1.165, 1.54) is 57.3 Å². The normalized spacial score (nSPS) is 25.1. The SMILES string of the molecule is CN=C(N)N=C(N)N(CCCCC1CCN2CCC1CC2)CCc1ccccc1. The molecule has 3 heterocycles. The standard InChI is InChI=1S/C23H38N6/c1-26-22(24)27-23(25)29(18-10-19-7-3-2-4-8-19)14-6-5-9-20-11-15-28-16-12-21(20)13-17-28/h2-4,7-8,20-21H,5-6,9-18H2,1H3,(H4,24,25,26,27). The van der Waals surface area contributed by atoms with Gasteiger partial charge in [0.2, 0.25) is 5.96 Å². The van der Waals surface area contributed by atoms with E-state index in [1.54, 1.807) is 7.05 Å². The Balaban J connectivity index is 1.49. The van der Waals surface area contributed by atoms with Crippen LogP contribution < -0.4 is 11.5 Å². The van der Waals surface area contributed by atoms with Crippen molar-refractivity contribution in [2.75, 3.05) is 39.8 Å². The van der Waals surface area contributed by atoms with Gasteiger partial charge >= 0.3 is 0 Å². The summed E-state index contributed by atoms with van der Waals surface area (Å²) in [6, 6.07) is 10.5. The number of nitrogens with zero attached hydrogens (tertiary/aromatic N) is 4. The number of benzene rings is 1. The van der Waals surface area contributed by atoms with Crippen LogP contribution in [0, 0.1) is 11.8 Å². The molecule has 1 aromatic carbocycles. The maximum absolute atomic E-state index is 6.26. The molecular formula is C23H38N6. The van der Waals surface area contributed by atoms with Crippen molar-refractivity contribution < 1.29 is 0 Å². The molecule has 3 aliphatic rings. The van der Waals surface area contributed by atoms with Crippen LogP contribution in [0.5, 0.6) is 0 Å². The van der Waals surface area contributed by atoms with Crippen LogP contribution >= 0.6 is 0 Å². The lowest BCUT2D eigenvalue weighted by molar-refractivity contribution is 0.204. The van der Waals surface area contributed by atoms with Gasteiger partial charge in [-0.1, -0.05) is 43.2 Å². The predicted octanol–water partition coefficient (Wildman–Crippen LogP) is 2.69. The molecule has 0 aliphatic carbocycles. The number of fused-ring (bicyclic) bond motifs is 4. The summed E-state index contributed by atoms with van der Waals surface area (Å²) in [6.45, 7) is 5.71. The van der Waals surface area contributed by atoms with E-state index in [2.05, 4.69) is 44.1 Å². The number of unbranched alkanes of at least 4 members (excludes halogenated alkanes) is 1. The maximum Gasteiger partial charge on any atom is 0.218 e. The van der Waals surface area contributed by atoms with Crippen molar-refractivity contribution in [2.45, 2.75) is 44.9 Å². The summed E-state index contributed by atoms with van der Waals surface area (Å²) in [4.78, 5) is 13.0. The van der Waals surface area contributed by atoms with E-state index in [1.807, 2.05) is 6.07 Å². The molecule has 4 N–H and O–H groups in total. The third-order valence-electron chi connectivity index (χ3n) is 6.66. The van der Waals surface area contributed by atoms with E-state index < -0.39 is 0 Å². The van der Waals surface area contributed by atoms with Crippen LogP contribution in [-0.4, -0.2) is 61.5 Å². The number of piperidine rings is 1. The van der Waals surface area contributed by atoms with Crippen LogP contribution in [0.15, 0.2) is 40.3 Å². The summed E-state index contributed by atoms with van der Waals surface area (Å²) < 4.78 is 0. The topological polar surface area (TPSA) is 83.2 Å². The van der Waals surface area contributed by atoms with Gasteiger partial charge in [-0.25, -0.2) is 0 Å². The Hall–Kier alpha value is -2.08. The molecule has 29 heavy (non-hydrogen) atoms. The van der Waals surface area contributed by atoms with E-state index in [4.69, 9.17) is 11.5 Å². The van der Waals surface area contributed by atoms with Crippen LogP contribution in [0.1, 0.15) is 44.1 Å². The first-order chi connectivity index (χ1) is 14.2. The molecule has 0 saturated carbocycles. The Bertz CT molecular complexity index is 663. The Morgan fingerprint density at radius 3 is 2.48 bits per heavy atom. The molecule has 0 aromatic heterocycles. The van der Waals surface area contributed by atoms with Crippen LogP contribution in [0.2, 0.25) is 0 Å². The first-order valence-corrected chi connectivity index (χ1v) is 11.2. The van der Waals surface area contributed by atoms with Gasteiger partial charge in [-0.05, 0) is 69.1 Å². The molecule has 160 valence electrons. The molecule has 1 aromatic rings. The summed E-state index contributed by atoms with van der Waals surface area (Å²) in [5.41, 5.74) is 13.3. The number of hydrogen-bond donors (Lipinski definition) is 2. The first-order valence-electron chi connectivity index (χ1n) is 11.2. The smallest absolute Gasteiger partial charge is 0.218 e. The number of aliphatic imine (C=N–C) groups is 2. The highest BCUT2D eigenvalue weighted by Gasteiger charge is 2.30. The molecule has 4 rings (SSSR count). The molecular weight excluding hydrogens is 360 g/mol. The van der Waals surface area contributed by atoms with Gasteiger partial charge in [0.25, 0.3) is 0 Å². The van der Waals surface area contributed by atoms with E-state index in [0.29, 0.717) is 5.96 Å². The largest absolute Gasteiger partial charge is 0.369 e. The molecule has 0 spiro atoms. The number of nitrogens with two attached hydrogens (primary N) is 2. The zero-order valence-corrected chi connectivity index (χ0v) is 18.0. The van der Waals surface area contributed by atoms with Gasteiger partial charge < -0.3 is 21.3 Å². The van der Waals surface area contributed by atoms with Gasteiger partial charge in [0.1, 0.15) is 0 Å². The molecule has 1 unspecified atom stereocenters. The fourth-order valence-corrected chi connectivity index (χ4v) is 4.81. The lowest BCUT2D eigenvalue weighted by Crippen LogP contribution is -2.40. The van der Waals surface area contributed by atoms with Crippen LogP contribution in [0.4, 0.5) is 0 Å². The average molecular weight is 399 g/mol. The number of hydrogen-bond acceptors (Lipinski definition) is 2. The highest BCUT2D eigenvalue weighted by atomic mass is 15.3. The molecule has 3 fully saturated rings. The lowest BCUT2D eigenvalue weighted by Gasteiger charge is -2.29. The molecule has 6 heteroatoms. The highest BCUT2D eigenvalue weighted by Crippen LogP contribution is 2.34. The fourth-order valence-electron chi connectivity index (χ4n) is 4.81.